The van der Waals surface area contributed by atoms with Gasteiger partial charge in [-0.3, -0.25) is 4.79 Å². The number of nitrogens with zero attached hydrogens (tertiary/aromatic N) is 1. The van der Waals surface area contributed by atoms with Crippen LogP contribution < -0.4 is 0 Å². The van der Waals surface area contributed by atoms with E-state index in [4.69, 9.17) is 18.2 Å². The number of carbonyl (C=O) groups excluding carboxylic acids is 1. The molecule has 0 fully saturated rings. The molecule has 0 heterocycles. The Morgan fingerprint density at radius 2 is 2.50 bits per heavy atom. The zero-order valence-corrected chi connectivity index (χ0v) is 4.81. The Morgan fingerprint density at radius 3 is 2.88 bits per heavy atom. The van der Waals surface area contributed by atoms with Gasteiger partial charge in [0.1, 0.15) is 6.57 Å². The molecule has 0 aliphatic rings. The first kappa shape index (κ1) is 7.25. The van der Waals surface area contributed by atoms with E-state index in [1.165, 1.54) is 0 Å². The maximum atomic E-state index is 9.94. The van der Waals surface area contributed by atoms with E-state index >= 15 is 0 Å². The number of alkyl halides is 1. The molecule has 0 aliphatic carbocycles. The van der Waals surface area contributed by atoms with Crippen molar-refractivity contribution in [2.24, 2.45) is 0 Å². The molecule has 0 unspecified atom stereocenters. The Kier molecular flexibility index (Phi) is 4.00. The smallest absolute Gasteiger partial charge is 0.484 e. The Labute approximate surface area is 52.0 Å². The van der Waals surface area contributed by atoms with Crippen molar-refractivity contribution in [3.8, 4) is 0 Å². The zero-order valence-electron chi connectivity index (χ0n) is 4.06. The molecule has 0 aromatic carbocycles. The summed E-state index contributed by atoms with van der Waals surface area (Å²) in [5, 5.41) is 0. The molecule has 8 heavy (non-hydrogen) atoms. The number of ether oxygens (including phenoxy) is 1. The average molecular weight is 134 g/mol. The van der Waals surface area contributed by atoms with Gasteiger partial charge in [-0.15, -0.1) is 11.6 Å². The molecule has 0 atom stereocenters. The normalized spacial score (nSPS) is 7.50. The van der Waals surface area contributed by atoms with Gasteiger partial charge in [-0.25, -0.2) is 0 Å². The highest BCUT2D eigenvalue weighted by atomic mass is 35.5. The molecule has 1 amide bonds. The summed E-state index contributed by atoms with van der Waals surface area (Å²) in [7, 11) is 0. The summed E-state index contributed by atoms with van der Waals surface area (Å²) in [6.07, 6.45) is -0.898. The fraction of sp³-hybridized carbons (Fsp3) is 0.500. The number of amides is 1. The minimum atomic E-state index is -0.898. The molecule has 44 valence electrons. The number of hydrogen-bond donors (Lipinski definition) is 0. The van der Waals surface area contributed by atoms with Crippen molar-refractivity contribution in [1.29, 1.82) is 0 Å². The van der Waals surface area contributed by atoms with Crippen molar-refractivity contribution in [2.45, 2.75) is 0 Å². The molecule has 0 bridgehead atoms. The van der Waals surface area contributed by atoms with E-state index < -0.39 is 6.09 Å². The maximum Gasteiger partial charge on any atom is 0.561 e. The van der Waals surface area contributed by atoms with Gasteiger partial charge in [0.05, 0.1) is 12.5 Å². The van der Waals surface area contributed by atoms with Crippen LogP contribution in [0.15, 0.2) is 0 Å². The predicted octanol–water partition coefficient (Wildman–Crippen LogP) is 1.28. The van der Waals surface area contributed by atoms with Crippen molar-refractivity contribution in [3.63, 3.8) is 0 Å². The third-order valence-electron chi connectivity index (χ3n) is 0.394. The third kappa shape index (κ3) is 3.44. The second-order valence-electron chi connectivity index (χ2n) is 0.915. The van der Waals surface area contributed by atoms with Crippen LogP contribution in [-0.4, -0.2) is 18.6 Å². The summed E-state index contributed by atoms with van der Waals surface area (Å²) in [4.78, 5) is 12.4. The van der Waals surface area contributed by atoms with Crippen LogP contribution in [0.1, 0.15) is 0 Å². The van der Waals surface area contributed by atoms with E-state index in [1.807, 2.05) is 0 Å². The topological polar surface area (TPSA) is 30.7 Å². The first-order chi connectivity index (χ1) is 3.81. The van der Waals surface area contributed by atoms with Crippen LogP contribution in [0, 0.1) is 6.57 Å². The van der Waals surface area contributed by atoms with Crippen molar-refractivity contribution in [3.05, 3.63) is 11.4 Å². The highest BCUT2D eigenvalue weighted by molar-refractivity contribution is 6.18. The Balaban J connectivity index is 3.16. The Morgan fingerprint density at radius 1 is 1.88 bits per heavy atom. The molecule has 3 nitrogen and oxygen atoms in total. The van der Waals surface area contributed by atoms with Gasteiger partial charge in [-0.2, -0.15) is 4.85 Å². The van der Waals surface area contributed by atoms with E-state index in [0.717, 1.165) is 0 Å². The lowest BCUT2D eigenvalue weighted by Gasteiger charge is -1.91. The SMILES string of the molecule is [C-]#[N+]C(=O)OCCCl. The molecule has 0 saturated carbocycles. The molecule has 0 rings (SSSR count). The summed E-state index contributed by atoms with van der Waals surface area (Å²) < 4.78 is 4.22. The molecular weight excluding hydrogens is 130 g/mol. The fourth-order valence-corrected chi connectivity index (χ4v) is 0.235. The minimum Gasteiger partial charge on any atom is -0.484 e. The van der Waals surface area contributed by atoms with Gasteiger partial charge in [0.25, 0.3) is 0 Å². The molecule has 4 heteroatoms. The Hall–Kier alpha value is -0.750. The van der Waals surface area contributed by atoms with Crippen molar-refractivity contribution >= 4 is 17.7 Å². The van der Waals surface area contributed by atoms with Crippen LogP contribution in [0.4, 0.5) is 4.79 Å². The highest BCUT2D eigenvalue weighted by Gasteiger charge is 1.95. The van der Waals surface area contributed by atoms with Gasteiger partial charge in [-0.05, 0) is 0 Å². The first-order valence-corrected chi connectivity index (χ1v) is 2.45. The second-order valence-corrected chi connectivity index (χ2v) is 1.29. The fourth-order valence-electron chi connectivity index (χ4n) is 0.158. The van der Waals surface area contributed by atoms with Gasteiger partial charge < -0.3 is 4.74 Å². The lowest BCUT2D eigenvalue weighted by atomic mass is 10.9. The molecule has 0 spiro atoms. The minimum absolute atomic E-state index is 0.114. The second kappa shape index (κ2) is 4.41. The summed E-state index contributed by atoms with van der Waals surface area (Å²) in [6, 6.07) is 0. The predicted molar refractivity (Wildman–Crippen MR) is 28.7 cm³/mol. The molecule has 0 aromatic rings. The summed E-state index contributed by atoms with van der Waals surface area (Å²) >= 11 is 5.12. The molecule has 0 aliphatic heterocycles. The van der Waals surface area contributed by atoms with Gasteiger partial charge in [-0.1, -0.05) is 0 Å². The summed E-state index contributed by atoms with van der Waals surface area (Å²) in [5.41, 5.74) is 0. The van der Waals surface area contributed by atoms with Gasteiger partial charge >= 0.3 is 6.09 Å². The van der Waals surface area contributed by atoms with Gasteiger partial charge in [0, 0.05) is 0 Å². The standard InChI is InChI=1S/C4H4ClNO2/c1-6-4(7)8-3-2-5/h2-3H2. The van der Waals surface area contributed by atoms with Gasteiger partial charge in [0.15, 0.2) is 0 Å². The van der Waals surface area contributed by atoms with E-state index in [9.17, 15) is 4.79 Å². The lowest BCUT2D eigenvalue weighted by Crippen LogP contribution is -1.98. The summed E-state index contributed by atoms with van der Waals surface area (Å²) in [5.74, 6) is 0.237. The summed E-state index contributed by atoms with van der Waals surface area (Å²) in [6.45, 7) is 6.21. The van der Waals surface area contributed by atoms with Crippen molar-refractivity contribution in [2.75, 3.05) is 12.5 Å². The molecular formula is C4H4ClNO2. The number of rotatable bonds is 2. The number of hydrogen-bond acceptors (Lipinski definition) is 2. The third-order valence-corrected chi connectivity index (χ3v) is 0.548. The lowest BCUT2D eigenvalue weighted by molar-refractivity contribution is 0.172. The Bertz CT molecular complexity index is 118. The molecule has 0 aromatic heterocycles. The van der Waals surface area contributed by atoms with Crippen LogP contribution in [0.2, 0.25) is 0 Å². The van der Waals surface area contributed by atoms with E-state index in [-0.39, 0.29) is 12.5 Å². The first-order valence-electron chi connectivity index (χ1n) is 1.91. The molecule has 0 N–H and O–H groups in total. The van der Waals surface area contributed by atoms with Crippen LogP contribution in [0.3, 0.4) is 0 Å². The van der Waals surface area contributed by atoms with E-state index in [1.54, 1.807) is 0 Å². The highest BCUT2D eigenvalue weighted by Crippen LogP contribution is 1.83. The quantitative estimate of drug-likeness (QED) is 0.420. The van der Waals surface area contributed by atoms with E-state index in [0.29, 0.717) is 0 Å². The van der Waals surface area contributed by atoms with E-state index in [2.05, 4.69) is 9.58 Å². The van der Waals surface area contributed by atoms with Crippen molar-refractivity contribution < 1.29 is 9.53 Å². The monoisotopic (exact) mass is 133 g/mol. The molecule has 0 saturated heterocycles. The zero-order chi connectivity index (χ0) is 6.41. The maximum absolute atomic E-state index is 9.94. The van der Waals surface area contributed by atoms with Crippen LogP contribution in [-0.2, 0) is 4.74 Å². The average Bonchev–Trinajstić information content (AvgIpc) is 1.83. The van der Waals surface area contributed by atoms with Gasteiger partial charge in [0.2, 0.25) is 0 Å². The number of carbonyl (C=O) groups is 1. The number of halogens is 1. The van der Waals surface area contributed by atoms with Crippen LogP contribution in [0.5, 0.6) is 0 Å². The van der Waals surface area contributed by atoms with Crippen LogP contribution in [0.25, 0.3) is 4.85 Å². The largest absolute Gasteiger partial charge is 0.561 e. The van der Waals surface area contributed by atoms with Crippen LogP contribution >= 0.6 is 11.6 Å². The van der Waals surface area contributed by atoms with Crippen molar-refractivity contribution in [1.82, 2.24) is 0 Å². The molecule has 0 radical (unpaired) electrons.